The highest BCUT2D eigenvalue weighted by Crippen LogP contribution is 2.22. The van der Waals surface area contributed by atoms with Crippen molar-refractivity contribution in [3.63, 3.8) is 0 Å². The first-order chi connectivity index (χ1) is 8.29. The molecule has 0 heterocycles. The molecule has 0 saturated heterocycles. The molecule has 0 unspecified atom stereocenters. The fraction of sp³-hybridized carbons (Fsp3) is 0.400. The highest BCUT2D eigenvalue weighted by molar-refractivity contribution is 5.78. The summed E-state index contributed by atoms with van der Waals surface area (Å²) in [4.78, 5) is 11.6. The van der Waals surface area contributed by atoms with Gasteiger partial charge in [-0.25, -0.2) is 0 Å². The van der Waals surface area contributed by atoms with Gasteiger partial charge in [-0.2, -0.15) is 0 Å². The van der Waals surface area contributed by atoms with E-state index in [4.69, 9.17) is 0 Å². The van der Waals surface area contributed by atoms with Crippen molar-refractivity contribution in [3.05, 3.63) is 47.5 Å². The van der Waals surface area contributed by atoms with Crippen molar-refractivity contribution < 1.29 is 4.79 Å². The second kappa shape index (κ2) is 5.67. The maximum atomic E-state index is 11.6. The predicted molar refractivity (Wildman–Crippen MR) is 70.0 cm³/mol. The van der Waals surface area contributed by atoms with E-state index in [9.17, 15) is 4.79 Å². The maximum Gasteiger partial charge on any atom is 0.224 e. The lowest BCUT2D eigenvalue weighted by Gasteiger charge is -2.06. The summed E-state index contributed by atoms with van der Waals surface area (Å²) in [7, 11) is 0. The standard InChI is InChI=1S/C15H19NO/c1-2-3-9-16-15(17)11-12-7-8-13-5-4-6-14(13)10-12/h2,7-8,10H,1,3-6,9,11H2,(H,16,17). The van der Waals surface area contributed by atoms with Gasteiger partial charge in [-0.1, -0.05) is 24.3 Å². The Bertz CT molecular complexity index is 423. The van der Waals surface area contributed by atoms with Crippen LogP contribution in [0.1, 0.15) is 29.5 Å². The smallest absolute Gasteiger partial charge is 0.224 e. The monoisotopic (exact) mass is 229 g/mol. The zero-order valence-corrected chi connectivity index (χ0v) is 10.2. The highest BCUT2D eigenvalue weighted by atomic mass is 16.1. The highest BCUT2D eigenvalue weighted by Gasteiger charge is 2.11. The molecule has 90 valence electrons. The molecular formula is C15H19NO. The van der Waals surface area contributed by atoms with Crippen LogP contribution in [0, 0.1) is 0 Å². The van der Waals surface area contributed by atoms with E-state index in [1.807, 2.05) is 6.08 Å². The zero-order chi connectivity index (χ0) is 12.1. The molecule has 0 fully saturated rings. The van der Waals surface area contributed by atoms with Crippen molar-refractivity contribution in [3.8, 4) is 0 Å². The van der Waals surface area contributed by atoms with Gasteiger partial charge in [0.1, 0.15) is 0 Å². The van der Waals surface area contributed by atoms with Gasteiger partial charge in [-0.3, -0.25) is 4.79 Å². The molecule has 1 aromatic carbocycles. The van der Waals surface area contributed by atoms with E-state index in [0.29, 0.717) is 13.0 Å². The number of carbonyl (C=O) groups is 1. The molecule has 1 N–H and O–H groups in total. The van der Waals surface area contributed by atoms with Crippen LogP contribution in [0.25, 0.3) is 0 Å². The summed E-state index contributed by atoms with van der Waals surface area (Å²) in [6.07, 6.45) is 6.75. The third-order valence-electron chi connectivity index (χ3n) is 3.20. The largest absolute Gasteiger partial charge is 0.356 e. The van der Waals surface area contributed by atoms with E-state index in [1.54, 1.807) is 0 Å². The molecule has 0 atom stereocenters. The number of benzene rings is 1. The van der Waals surface area contributed by atoms with Crippen LogP contribution >= 0.6 is 0 Å². The van der Waals surface area contributed by atoms with E-state index in [2.05, 4.69) is 30.1 Å². The van der Waals surface area contributed by atoms with Gasteiger partial charge in [0.25, 0.3) is 0 Å². The molecule has 2 nitrogen and oxygen atoms in total. The first kappa shape index (κ1) is 11.9. The van der Waals surface area contributed by atoms with Gasteiger partial charge in [0.15, 0.2) is 0 Å². The number of aryl methyl sites for hydroxylation is 2. The Morgan fingerprint density at radius 2 is 2.18 bits per heavy atom. The molecule has 17 heavy (non-hydrogen) atoms. The molecule has 1 aliphatic rings. The van der Waals surface area contributed by atoms with Crippen molar-refractivity contribution >= 4 is 5.91 Å². The summed E-state index contributed by atoms with van der Waals surface area (Å²) in [6, 6.07) is 6.45. The van der Waals surface area contributed by atoms with E-state index >= 15 is 0 Å². The van der Waals surface area contributed by atoms with Gasteiger partial charge in [-0.15, -0.1) is 6.58 Å². The molecule has 2 rings (SSSR count). The summed E-state index contributed by atoms with van der Waals surface area (Å²) >= 11 is 0. The fourth-order valence-corrected chi connectivity index (χ4v) is 2.30. The number of hydrogen-bond donors (Lipinski definition) is 1. The van der Waals surface area contributed by atoms with Crippen LogP contribution in [-0.2, 0) is 24.1 Å². The molecule has 1 amide bonds. The second-order valence-corrected chi connectivity index (χ2v) is 4.56. The summed E-state index contributed by atoms with van der Waals surface area (Å²) in [5.74, 6) is 0.102. The first-order valence-electron chi connectivity index (χ1n) is 6.28. The van der Waals surface area contributed by atoms with Gasteiger partial charge in [0.2, 0.25) is 5.91 Å². The van der Waals surface area contributed by atoms with Crippen LogP contribution in [0.5, 0.6) is 0 Å². The lowest BCUT2D eigenvalue weighted by atomic mass is 10.0. The van der Waals surface area contributed by atoms with Crippen LogP contribution < -0.4 is 5.32 Å². The SMILES string of the molecule is C=CCCNC(=O)Cc1ccc2c(c1)CCC2. The molecule has 0 radical (unpaired) electrons. The van der Waals surface area contributed by atoms with Crippen LogP contribution in [0.2, 0.25) is 0 Å². The molecule has 0 spiro atoms. The Labute approximate surface area is 103 Å². The third kappa shape index (κ3) is 3.19. The minimum atomic E-state index is 0.102. The Morgan fingerprint density at radius 3 is 3.00 bits per heavy atom. The molecule has 0 aromatic heterocycles. The molecule has 0 aliphatic heterocycles. The second-order valence-electron chi connectivity index (χ2n) is 4.56. The van der Waals surface area contributed by atoms with Crippen LogP contribution in [0.15, 0.2) is 30.9 Å². The van der Waals surface area contributed by atoms with Crippen molar-refractivity contribution in [1.29, 1.82) is 0 Å². The van der Waals surface area contributed by atoms with Gasteiger partial charge >= 0.3 is 0 Å². The van der Waals surface area contributed by atoms with Crippen molar-refractivity contribution in [2.75, 3.05) is 6.54 Å². The lowest BCUT2D eigenvalue weighted by molar-refractivity contribution is -0.120. The van der Waals surface area contributed by atoms with E-state index in [1.165, 1.54) is 30.4 Å². The van der Waals surface area contributed by atoms with Gasteiger partial charge < -0.3 is 5.32 Å². The van der Waals surface area contributed by atoms with Crippen molar-refractivity contribution in [1.82, 2.24) is 5.32 Å². The van der Waals surface area contributed by atoms with Gasteiger partial charge in [0, 0.05) is 6.54 Å². The molecule has 0 bridgehead atoms. The number of rotatable bonds is 5. The number of nitrogens with one attached hydrogen (secondary N) is 1. The van der Waals surface area contributed by atoms with Gasteiger partial charge in [0.05, 0.1) is 6.42 Å². The molecule has 2 heteroatoms. The number of carbonyl (C=O) groups excluding carboxylic acids is 1. The Hall–Kier alpha value is -1.57. The normalized spacial score (nSPS) is 13.2. The number of amides is 1. The predicted octanol–water partition coefficient (Wildman–Crippen LogP) is 2.41. The Kier molecular flexibility index (Phi) is 3.97. The molecule has 1 aliphatic carbocycles. The fourth-order valence-electron chi connectivity index (χ4n) is 2.30. The quantitative estimate of drug-likeness (QED) is 0.609. The third-order valence-corrected chi connectivity index (χ3v) is 3.20. The topological polar surface area (TPSA) is 29.1 Å². The van der Waals surface area contributed by atoms with Crippen LogP contribution in [0.3, 0.4) is 0 Å². The summed E-state index contributed by atoms with van der Waals surface area (Å²) in [6.45, 7) is 4.32. The van der Waals surface area contributed by atoms with E-state index < -0.39 is 0 Å². The number of fused-ring (bicyclic) bond motifs is 1. The molecule has 1 aromatic rings. The van der Waals surface area contributed by atoms with Crippen LogP contribution in [-0.4, -0.2) is 12.5 Å². The van der Waals surface area contributed by atoms with Crippen molar-refractivity contribution in [2.24, 2.45) is 0 Å². The summed E-state index contributed by atoms with van der Waals surface area (Å²) in [5.41, 5.74) is 4.02. The van der Waals surface area contributed by atoms with Crippen LogP contribution in [0.4, 0.5) is 0 Å². The number of hydrogen-bond acceptors (Lipinski definition) is 1. The lowest BCUT2D eigenvalue weighted by Crippen LogP contribution is -2.25. The minimum Gasteiger partial charge on any atom is -0.356 e. The van der Waals surface area contributed by atoms with E-state index in [-0.39, 0.29) is 5.91 Å². The van der Waals surface area contributed by atoms with E-state index in [0.717, 1.165) is 12.0 Å². The molecular weight excluding hydrogens is 210 g/mol. The Balaban J connectivity index is 1.90. The zero-order valence-electron chi connectivity index (χ0n) is 10.2. The average Bonchev–Trinajstić information content (AvgIpc) is 2.76. The Morgan fingerprint density at radius 1 is 1.35 bits per heavy atom. The first-order valence-corrected chi connectivity index (χ1v) is 6.28. The van der Waals surface area contributed by atoms with Crippen molar-refractivity contribution in [2.45, 2.75) is 32.1 Å². The molecule has 0 saturated carbocycles. The summed E-state index contributed by atoms with van der Waals surface area (Å²) < 4.78 is 0. The maximum absolute atomic E-state index is 11.6. The van der Waals surface area contributed by atoms with Gasteiger partial charge in [-0.05, 0) is 42.4 Å². The summed E-state index contributed by atoms with van der Waals surface area (Å²) in [5, 5.41) is 2.89. The average molecular weight is 229 g/mol. The minimum absolute atomic E-state index is 0.102.